The Kier molecular flexibility index (Phi) is 11.7. The maximum atomic E-state index is 12.3. The highest BCUT2D eigenvalue weighted by Crippen LogP contribution is 2.19. The molecule has 33 heavy (non-hydrogen) atoms. The van der Waals surface area contributed by atoms with Crippen molar-refractivity contribution in [1.29, 1.82) is 0 Å². The second-order valence-corrected chi connectivity index (χ2v) is 8.62. The molecule has 11 heteroatoms. The van der Waals surface area contributed by atoms with Crippen LogP contribution in [0, 0.1) is 16.0 Å². The van der Waals surface area contributed by atoms with E-state index in [4.69, 9.17) is 15.2 Å². The molecule has 0 bridgehead atoms. The van der Waals surface area contributed by atoms with Crippen LogP contribution in [0.1, 0.15) is 52.0 Å². The molecule has 1 aromatic rings. The number of hydrazone groups is 1. The number of carbonyl (C=O) groups is 2. The summed E-state index contributed by atoms with van der Waals surface area (Å²) in [5.74, 6) is -1.04. The van der Waals surface area contributed by atoms with Gasteiger partial charge in [0.1, 0.15) is 10.7 Å². The van der Waals surface area contributed by atoms with Crippen molar-refractivity contribution in [2.24, 2.45) is 16.8 Å². The SMILES string of the molecule is COC(=O)[C@H](CCCN/C(N)=N/[N+](=O)[O-])CC[C@@H](Cc1ccccc1)NC(=O)OC(C)(C)C. The number of benzene rings is 1. The number of amides is 1. The summed E-state index contributed by atoms with van der Waals surface area (Å²) in [5, 5.41) is 17.9. The molecular formula is C22H35N5O6. The van der Waals surface area contributed by atoms with Crippen LogP contribution in [0.2, 0.25) is 0 Å². The van der Waals surface area contributed by atoms with E-state index < -0.39 is 22.6 Å². The second-order valence-electron chi connectivity index (χ2n) is 8.62. The normalized spacial score (nSPS) is 13.5. The predicted octanol–water partition coefficient (Wildman–Crippen LogP) is 2.57. The third-order valence-electron chi connectivity index (χ3n) is 4.67. The van der Waals surface area contributed by atoms with Crippen molar-refractivity contribution in [1.82, 2.24) is 10.6 Å². The average Bonchev–Trinajstić information content (AvgIpc) is 2.71. The van der Waals surface area contributed by atoms with E-state index in [1.807, 2.05) is 30.3 Å². The molecule has 0 fully saturated rings. The smallest absolute Gasteiger partial charge is 0.407 e. The van der Waals surface area contributed by atoms with Crippen LogP contribution >= 0.6 is 0 Å². The number of nitrogens with one attached hydrogen (secondary N) is 2. The van der Waals surface area contributed by atoms with E-state index in [0.717, 1.165) is 5.56 Å². The van der Waals surface area contributed by atoms with Gasteiger partial charge in [0.25, 0.3) is 5.96 Å². The number of carbonyl (C=O) groups excluding carboxylic acids is 2. The van der Waals surface area contributed by atoms with Gasteiger partial charge in [-0.3, -0.25) is 4.79 Å². The van der Waals surface area contributed by atoms with Gasteiger partial charge in [0.15, 0.2) is 5.03 Å². The highest BCUT2D eigenvalue weighted by atomic mass is 16.7. The first-order valence-corrected chi connectivity index (χ1v) is 10.8. The molecule has 184 valence electrons. The van der Waals surface area contributed by atoms with E-state index >= 15 is 0 Å². The molecule has 0 aliphatic rings. The topological polar surface area (TPSA) is 158 Å². The fourth-order valence-electron chi connectivity index (χ4n) is 3.24. The summed E-state index contributed by atoms with van der Waals surface area (Å²) in [5.41, 5.74) is 5.82. The predicted molar refractivity (Wildman–Crippen MR) is 124 cm³/mol. The zero-order valence-corrected chi connectivity index (χ0v) is 19.7. The first kappa shape index (κ1) is 27.7. The highest BCUT2D eigenvalue weighted by molar-refractivity contribution is 5.77. The first-order valence-electron chi connectivity index (χ1n) is 10.8. The van der Waals surface area contributed by atoms with Crippen molar-refractivity contribution < 1.29 is 24.1 Å². The molecular weight excluding hydrogens is 430 g/mol. The number of nitrogens with zero attached hydrogens (tertiary/aromatic N) is 2. The number of hydrogen-bond donors (Lipinski definition) is 3. The van der Waals surface area contributed by atoms with E-state index in [1.165, 1.54) is 7.11 Å². The zero-order valence-electron chi connectivity index (χ0n) is 19.7. The van der Waals surface area contributed by atoms with Crippen molar-refractivity contribution in [3.63, 3.8) is 0 Å². The summed E-state index contributed by atoms with van der Waals surface area (Å²) < 4.78 is 10.3. The van der Waals surface area contributed by atoms with Gasteiger partial charge in [-0.1, -0.05) is 30.3 Å². The Balaban J connectivity index is 2.73. The largest absolute Gasteiger partial charge is 0.469 e. The molecule has 11 nitrogen and oxygen atoms in total. The van der Waals surface area contributed by atoms with Crippen molar-refractivity contribution >= 4 is 18.0 Å². The van der Waals surface area contributed by atoms with Crippen molar-refractivity contribution in [2.75, 3.05) is 13.7 Å². The van der Waals surface area contributed by atoms with E-state index in [-0.39, 0.29) is 18.0 Å². The number of hydrogen-bond acceptors (Lipinski definition) is 6. The molecule has 0 heterocycles. The standard InChI is InChI=1S/C22H35N5O6/c1-22(2,3)33-21(29)25-18(15-16-9-6-5-7-10-16)13-12-17(19(28)32-4)11-8-14-24-20(23)26-27(30)31/h5-7,9-10,17-18H,8,11-15H2,1-4H3,(H,25,29)(H3,23,24,26)/t17-,18+/m1/s1. The van der Waals surface area contributed by atoms with Crippen LogP contribution < -0.4 is 16.4 Å². The van der Waals surface area contributed by atoms with Gasteiger partial charge in [-0.05, 0) is 58.4 Å². The molecule has 0 saturated carbocycles. The van der Waals surface area contributed by atoms with Crippen LogP contribution in [0.3, 0.4) is 0 Å². The van der Waals surface area contributed by atoms with Gasteiger partial charge in [0.05, 0.1) is 13.0 Å². The summed E-state index contributed by atoms with van der Waals surface area (Å²) >= 11 is 0. The molecule has 0 saturated heterocycles. The lowest BCUT2D eigenvalue weighted by atomic mass is 9.93. The maximum Gasteiger partial charge on any atom is 0.407 e. The Morgan fingerprint density at radius 2 is 1.85 bits per heavy atom. The molecule has 2 atom stereocenters. The zero-order chi connectivity index (χ0) is 24.9. The molecule has 0 aromatic heterocycles. The first-order chi connectivity index (χ1) is 15.5. The summed E-state index contributed by atoms with van der Waals surface area (Å²) in [7, 11) is 1.33. The maximum absolute atomic E-state index is 12.3. The number of methoxy groups -OCH3 is 1. The molecule has 0 radical (unpaired) electrons. The van der Waals surface area contributed by atoms with Gasteiger partial charge in [-0.15, -0.1) is 0 Å². The molecule has 1 aromatic carbocycles. The van der Waals surface area contributed by atoms with Gasteiger partial charge in [-0.25, -0.2) is 14.9 Å². The third-order valence-corrected chi connectivity index (χ3v) is 4.67. The van der Waals surface area contributed by atoms with Gasteiger partial charge in [-0.2, -0.15) is 0 Å². The lowest BCUT2D eigenvalue weighted by Gasteiger charge is -2.25. The van der Waals surface area contributed by atoms with Crippen LogP contribution in [0.15, 0.2) is 35.4 Å². The minimum Gasteiger partial charge on any atom is -0.469 e. The third kappa shape index (κ3) is 12.9. The van der Waals surface area contributed by atoms with Crippen LogP contribution in [-0.2, 0) is 20.7 Å². The lowest BCUT2D eigenvalue weighted by Crippen LogP contribution is -2.40. The number of nitrogens with two attached hydrogens (primary N) is 1. The molecule has 0 unspecified atom stereocenters. The van der Waals surface area contributed by atoms with Gasteiger partial charge >= 0.3 is 12.1 Å². The van der Waals surface area contributed by atoms with E-state index in [1.54, 1.807) is 20.8 Å². The van der Waals surface area contributed by atoms with Gasteiger partial charge in [0, 0.05) is 12.6 Å². The highest BCUT2D eigenvalue weighted by Gasteiger charge is 2.24. The Hall–Kier alpha value is -3.37. The monoisotopic (exact) mass is 465 g/mol. The number of guanidine groups is 1. The van der Waals surface area contributed by atoms with E-state index in [0.29, 0.717) is 38.6 Å². The summed E-state index contributed by atoms with van der Waals surface area (Å²) in [4.78, 5) is 34.9. The van der Waals surface area contributed by atoms with Gasteiger partial charge < -0.3 is 25.8 Å². The van der Waals surface area contributed by atoms with Crippen LogP contribution in [0.5, 0.6) is 0 Å². The Morgan fingerprint density at radius 1 is 1.18 bits per heavy atom. The molecule has 1 rings (SSSR count). The lowest BCUT2D eigenvalue weighted by molar-refractivity contribution is -0.485. The minimum absolute atomic E-state index is 0.240. The quantitative estimate of drug-likeness (QED) is 0.106. The summed E-state index contributed by atoms with van der Waals surface area (Å²) in [6, 6.07) is 9.49. The number of nitro groups is 1. The molecule has 0 aliphatic carbocycles. The van der Waals surface area contributed by atoms with E-state index in [9.17, 15) is 19.7 Å². The van der Waals surface area contributed by atoms with Gasteiger partial charge in [0.2, 0.25) is 0 Å². The molecule has 0 aliphatic heterocycles. The Bertz CT molecular complexity index is 794. The number of rotatable bonds is 12. The fourth-order valence-corrected chi connectivity index (χ4v) is 3.24. The number of esters is 1. The van der Waals surface area contributed by atoms with E-state index in [2.05, 4.69) is 15.7 Å². The second kappa shape index (κ2) is 13.9. The van der Waals surface area contributed by atoms with Crippen LogP contribution in [0.4, 0.5) is 4.79 Å². The molecule has 0 spiro atoms. The Morgan fingerprint density at radius 3 is 2.42 bits per heavy atom. The van der Waals surface area contributed by atoms with Crippen LogP contribution in [0.25, 0.3) is 0 Å². The minimum atomic E-state index is -0.885. The van der Waals surface area contributed by atoms with Crippen molar-refractivity contribution in [3.05, 3.63) is 46.0 Å². The molecule has 1 amide bonds. The summed E-state index contributed by atoms with van der Waals surface area (Å²) in [6.07, 6.45) is 2.10. The fraction of sp³-hybridized carbons (Fsp3) is 0.591. The summed E-state index contributed by atoms with van der Waals surface area (Å²) in [6.45, 7) is 5.70. The number of ether oxygens (including phenoxy) is 2. The molecule has 4 N–H and O–H groups in total. The van der Waals surface area contributed by atoms with Crippen molar-refractivity contribution in [3.8, 4) is 0 Å². The van der Waals surface area contributed by atoms with Crippen molar-refractivity contribution in [2.45, 2.75) is 64.5 Å². The Labute approximate surface area is 194 Å². The average molecular weight is 466 g/mol. The van der Waals surface area contributed by atoms with Crippen LogP contribution in [-0.4, -0.2) is 48.4 Å². The number of alkyl carbamates (subject to hydrolysis) is 1.